The van der Waals surface area contributed by atoms with Crippen molar-refractivity contribution in [1.82, 2.24) is 5.32 Å². The van der Waals surface area contributed by atoms with E-state index in [-0.39, 0.29) is 30.1 Å². The van der Waals surface area contributed by atoms with Gasteiger partial charge in [0.1, 0.15) is 18.8 Å². The molecule has 8 heteroatoms. The van der Waals surface area contributed by atoms with Gasteiger partial charge in [0.15, 0.2) is 0 Å². The molecule has 0 aliphatic heterocycles. The Morgan fingerprint density at radius 3 is 2.56 bits per heavy atom. The molecule has 0 saturated heterocycles. The van der Waals surface area contributed by atoms with E-state index in [4.69, 9.17) is 10.5 Å². The predicted molar refractivity (Wildman–Crippen MR) is 90.8 cm³/mol. The van der Waals surface area contributed by atoms with Crippen LogP contribution in [-0.2, 0) is 16.1 Å². The molecule has 0 spiro atoms. The Morgan fingerprint density at radius 2 is 1.92 bits per heavy atom. The average molecular weight is 343 g/mol. The molecule has 0 fully saturated rings. The lowest BCUT2D eigenvalue weighted by atomic mass is 10.1. The third-order valence-electron chi connectivity index (χ3n) is 3.38. The third kappa shape index (κ3) is 4.77. The van der Waals surface area contributed by atoms with Crippen molar-refractivity contribution in [3.05, 3.63) is 69.3 Å². The van der Waals surface area contributed by atoms with Crippen molar-refractivity contribution in [1.29, 1.82) is 0 Å². The number of nitrogens with two attached hydrogens (primary N) is 1. The van der Waals surface area contributed by atoms with E-state index in [1.54, 1.807) is 19.1 Å². The number of amides is 1. The van der Waals surface area contributed by atoms with Gasteiger partial charge in [-0.3, -0.25) is 19.7 Å². The zero-order chi connectivity index (χ0) is 18.4. The molecule has 0 atom stereocenters. The molecule has 2 rings (SSSR count). The molecule has 130 valence electrons. The zero-order valence-electron chi connectivity index (χ0n) is 13.5. The van der Waals surface area contributed by atoms with Gasteiger partial charge in [0.05, 0.1) is 10.5 Å². The van der Waals surface area contributed by atoms with Crippen LogP contribution in [0.2, 0.25) is 0 Å². The van der Waals surface area contributed by atoms with E-state index < -0.39 is 16.8 Å². The summed E-state index contributed by atoms with van der Waals surface area (Å²) in [6.07, 6.45) is 0. The lowest BCUT2D eigenvalue weighted by Crippen LogP contribution is -2.31. The second kappa shape index (κ2) is 7.91. The molecule has 0 saturated carbocycles. The first-order valence-corrected chi connectivity index (χ1v) is 7.40. The largest absolute Gasteiger partial charge is 0.460 e. The first-order chi connectivity index (χ1) is 11.9. The molecule has 0 heterocycles. The number of carbonyl (C=O) groups excluding carboxylic acids is 2. The summed E-state index contributed by atoms with van der Waals surface area (Å²) in [6, 6.07) is 11.8. The fourth-order valence-electron chi connectivity index (χ4n) is 2.15. The number of ether oxygens (including phenoxy) is 1. The van der Waals surface area contributed by atoms with Gasteiger partial charge >= 0.3 is 5.97 Å². The summed E-state index contributed by atoms with van der Waals surface area (Å²) in [5.41, 5.74) is 6.36. The predicted octanol–water partition coefficient (Wildman–Crippen LogP) is 1.96. The number of aryl methyl sites for hydroxylation is 1. The van der Waals surface area contributed by atoms with Crippen LogP contribution in [0, 0.1) is 17.0 Å². The Labute approximate surface area is 143 Å². The topological polar surface area (TPSA) is 125 Å². The van der Waals surface area contributed by atoms with Gasteiger partial charge in [-0.05, 0) is 24.1 Å². The smallest absolute Gasteiger partial charge is 0.325 e. The van der Waals surface area contributed by atoms with Crippen LogP contribution < -0.4 is 11.1 Å². The van der Waals surface area contributed by atoms with Crippen LogP contribution in [0.5, 0.6) is 0 Å². The van der Waals surface area contributed by atoms with Gasteiger partial charge in [-0.25, -0.2) is 0 Å². The number of hydrogen-bond acceptors (Lipinski definition) is 6. The molecule has 3 N–H and O–H groups in total. The Hall–Kier alpha value is -3.42. The van der Waals surface area contributed by atoms with Crippen molar-refractivity contribution in [2.75, 3.05) is 12.3 Å². The quantitative estimate of drug-likeness (QED) is 0.357. The van der Waals surface area contributed by atoms with Gasteiger partial charge in [-0.2, -0.15) is 0 Å². The number of nitrogen functional groups attached to an aromatic ring is 1. The van der Waals surface area contributed by atoms with E-state index in [0.29, 0.717) is 5.56 Å². The molecule has 8 nitrogen and oxygen atoms in total. The van der Waals surface area contributed by atoms with Crippen LogP contribution >= 0.6 is 0 Å². The molecule has 0 aromatic heterocycles. The molecule has 0 aliphatic rings. The van der Waals surface area contributed by atoms with E-state index in [9.17, 15) is 19.7 Å². The number of rotatable bonds is 6. The average Bonchev–Trinajstić information content (AvgIpc) is 2.60. The number of esters is 1. The molecule has 0 bridgehead atoms. The summed E-state index contributed by atoms with van der Waals surface area (Å²) in [4.78, 5) is 34.1. The fraction of sp³-hybridized carbons (Fsp3) is 0.176. The Bertz CT molecular complexity index is 805. The maximum Gasteiger partial charge on any atom is 0.325 e. The number of anilines is 1. The standard InChI is InChI=1S/C17H17N3O5/c1-11-7-13(16(18)14(8-11)20(23)24)17(22)19-9-15(21)25-10-12-5-3-2-4-6-12/h2-8H,9-10,18H2,1H3,(H,19,22). The first-order valence-electron chi connectivity index (χ1n) is 7.40. The van der Waals surface area contributed by atoms with Crippen molar-refractivity contribution >= 4 is 23.3 Å². The van der Waals surface area contributed by atoms with Crippen LogP contribution in [0.3, 0.4) is 0 Å². The lowest BCUT2D eigenvalue weighted by Gasteiger charge is -2.09. The highest BCUT2D eigenvalue weighted by atomic mass is 16.6. The number of nitro benzene ring substituents is 1. The number of benzene rings is 2. The Kier molecular flexibility index (Phi) is 5.67. The van der Waals surface area contributed by atoms with E-state index >= 15 is 0 Å². The lowest BCUT2D eigenvalue weighted by molar-refractivity contribution is -0.384. The summed E-state index contributed by atoms with van der Waals surface area (Å²) in [5, 5.41) is 13.3. The van der Waals surface area contributed by atoms with Crippen LogP contribution in [0.4, 0.5) is 11.4 Å². The molecular formula is C17H17N3O5. The van der Waals surface area contributed by atoms with Gasteiger partial charge in [-0.15, -0.1) is 0 Å². The summed E-state index contributed by atoms with van der Waals surface area (Å²) in [6.45, 7) is 1.33. The number of nitro groups is 1. The second-order valence-corrected chi connectivity index (χ2v) is 5.33. The number of hydrogen-bond donors (Lipinski definition) is 2. The normalized spacial score (nSPS) is 10.1. The van der Waals surface area contributed by atoms with Gasteiger partial charge in [0.25, 0.3) is 11.6 Å². The van der Waals surface area contributed by atoms with Gasteiger partial charge < -0.3 is 15.8 Å². The highest BCUT2D eigenvalue weighted by Crippen LogP contribution is 2.26. The number of nitrogens with one attached hydrogen (secondary N) is 1. The molecule has 0 aliphatic carbocycles. The summed E-state index contributed by atoms with van der Waals surface area (Å²) < 4.78 is 5.04. The van der Waals surface area contributed by atoms with Gasteiger partial charge in [-0.1, -0.05) is 30.3 Å². The minimum Gasteiger partial charge on any atom is -0.460 e. The summed E-state index contributed by atoms with van der Waals surface area (Å²) >= 11 is 0. The van der Waals surface area contributed by atoms with E-state index in [1.165, 1.54) is 12.1 Å². The van der Waals surface area contributed by atoms with E-state index in [1.807, 2.05) is 18.2 Å². The van der Waals surface area contributed by atoms with Crippen LogP contribution in [0.1, 0.15) is 21.5 Å². The fourth-order valence-corrected chi connectivity index (χ4v) is 2.15. The van der Waals surface area contributed by atoms with Crippen LogP contribution in [0.25, 0.3) is 0 Å². The molecule has 1 amide bonds. The monoisotopic (exact) mass is 343 g/mol. The number of nitrogens with zero attached hydrogens (tertiary/aromatic N) is 1. The van der Waals surface area contributed by atoms with Gasteiger partial charge in [0, 0.05) is 6.07 Å². The van der Waals surface area contributed by atoms with E-state index in [2.05, 4.69) is 5.32 Å². The summed E-state index contributed by atoms with van der Waals surface area (Å²) in [7, 11) is 0. The van der Waals surface area contributed by atoms with Crippen molar-refractivity contribution in [2.24, 2.45) is 0 Å². The third-order valence-corrected chi connectivity index (χ3v) is 3.38. The second-order valence-electron chi connectivity index (χ2n) is 5.33. The molecular weight excluding hydrogens is 326 g/mol. The Morgan fingerprint density at radius 1 is 1.24 bits per heavy atom. The van der Waals surface area contributed by atoms with Crippen molar-refractivity contribution in [3.8, 4) is 0 Å². The van der Waals surface area contributed by atoms with Crippen LogP contribution in [-0.4, -0.2) is 23.3 Å². The molecule has 0 radical (unpaired) electrons. The van der Waals surface area contributed by atoms with Crippen molar-refractivity contribution in [2.45, 2.75) is 13.5 Å². The maximum absolute atomic E-state index is 12.1. The summed E-state index contributed by atoms with van der Waals surface area (Å²) in [5.74, 6) is -1.31. The van der Waals surface area contributed by atoms with Crippen molar-refractivity contribution in [3.63, 3.8) is 0 Å². The maximum atomic E-state index is 12.1. The van der Waals surface area contributed by atoms with Crippen LogP contribution in [0.15, 0.2) is 42.5 Å². The molecule has 25 heavy (non-hydrogen) atoms. The minimum absolute atomic E-state index is 0.0532. The number of carbonyl (C=O) groups is 2. The first kappa shape index (κ1) is 17.9. The van der Waals surface area contributed by atoms with Gasteiger partial charge in [0.2, 0.25) is 0 Å². The van der Waals surface area contributed by atoms with Crippen molar-refractivity contribution < 1.29 is 19.2 Å². The zero-order valence-corrected chi connectivity index (χ0v) is 13.5. The minimum atomic E-state index is -0.680. The highest BCUT2D eigenvalue weighted by molar-refractivity contribution is 6.02. The molecule has 2 aromatic carbocycles. The van der Waals surface area contributed by atoms with E-state index in [0.717, 1.165) is 5.56 Å². The SMILES string of the molecule is Cc1cc(C(=O)NCC(=O)OCc2ccccc2)c(N)c([N+](=O)[O-])c1. The highest BCUT2D eigenvalue weighted by Gasteiger charge is 2.21. The Balaban J connectivity index is 1.96. The molecule has 0 unspecified atom stereocenters. The molecule has 2 aromatic rings.